The average molecular weight is 503 g/mol. The number of fused-ring (bicyclic) bond motifs is 1. The molecule has 1 aliphatic heterocycles. The van der Waals surface area contributed by atoms with Crippen LogP contribution in [0.3, 0.4) is 0 Å². The Morgan fingerprint density at radius 2 is 1.71 bits per heavy atom. The van der Waals surface area contributed by atoms with Crippen LogP contribution in [0.25, 0.3) is 16.0 Å². The molecule has 1 atom stereocenters. The minimum Gasteiger partial charge on any atom is -0.507 e. The van der Waals surface area contributed by atoms with Gasteiger partial charge in [-0.1, -0.05) is 67.1 Å². The highest BCUT2D eigenvalue weighted by Crippen LogP contribution is 2.44. The number of benzene rings is 3. The van der Waals surface area contributed by atoms with E-state index >= 15 is 0 Å². The van der Waals surface area contributed by atoms with Crippen LogP contribution in [0.15, 0.2) is 72.3 Å². The molecule has 1 aromatic heterocycles. The van der Waals surface area contributed by atoms with Crippen LogP contribution < -0.4 is 4.90 Å². The van der Waals surface area contributed by atoms with Gasteiger partial charge in [0, 0.05) is 10.6 Å². The van der Waals surface area contributed by atoms with Gasteiger partial charge in [-0.2, -0.15) is 0 Å². The summed E-state index contributed by atoms with van der Waals surface area (Å²) >= 11 is 7.36. The Morgan fingerprint density at radius 3 is 2.37 bits per heavy atom. The largest absolute Gasteiger partial charge is 0.507 e. The van der Waals surface area contributed by atoms with E-state index in [9.17, 15) is 14.7 Å². The van der Waals surface area contributed by atoms with Crippen LogP contribution in [0.5, 0.6) is 0 Å². The van der Waals surface area contributed by atoms with Gasteiger partial charge in [-0.05, 0) is 65.9 Å². The zero-order valence-electron chi connectivity index (χ0n) is 19.4. The molecule has 3 aromatic carbocycles. The van der Waals surface area contributed by atoms with Gasteiger partial charge in [-0.25, -0.2) is 4.98 Å². The Balaban J connectivity index is 1.71. The van der Waals surface area contributed by atoms with Crippen molar-refractivity contribution in [1.29, 1.82) is 0 Å². The van der Waals surface area contributed by atoms with Crippen molar-refractivity contribution < 1.29 is 14.7 Å². The van der Waals surface area contributed by atoms with Crippen molar-refractivity contribution in [3.63, 3.8) is 0 Å². The number of ketones is 1. The monoisotopic (exact) mass is 502 g/mol. The molecule has 0 saturated carbocycles. The molecular weight excluding hydrogens is 480 g/mol. The minimum atomic E-state index is -0.812. The molecule has 2 heterocycles. The number of aryl methyl sites for hydroxylation is 1. The fourth-order valence-electron chi connectivity index (χ4n) is 4.29. The number of hydrogen-bond donors (Lipinski definition) is 1. The van der Waals surface area contributed by atoms with Crippen LogP contribution in [0.4, 0.5) is 5.13 Å². The molecule has 1 aliphatic rings. The minimum absolute atomic E-state index is 0.0325. The van der Waals surface area contributed by atoms with E-state index in [1.54, 1.807) is 24.3 Å². The summed E-state index contributed by atoms with van der Waals surface area (Å²) in [6, 6.07) is 19.4. The second kappa shape index (κ2) is 8.95. The molecule has 0 unspecified atom stereocenters. The number of aromatic nitrogens is 1. The molecule has 0 aliphatic carbocycles. The number of thiazole rings is 1. The van der Waals surface area contributed by atoms with Crippen molar-refractivity contribution >= 4 is 55.7 Å². The molecule has 35 heavy (non-hydrogen) atoms. The fraction of sp³-hybridized carbons (Fsp3) is 0.179. The van der Waals surface area contributed by atoms with Gasteiger partial charge in [-0.3, -0.25) is 14.5 Å². The topological polar surface area (TPSA) is 70.5 Å². The molecular formula is C28H23ClN2O3S. The lowest BCUT2D eigenvalue weighted by Crippen LogP contribution is -2.29. The molecule has 0 radical (unpaired) electrons. The zero-order valence-corrected chi connectivity index (χ0v) is 21.0. The molecule has 5 nitrogen and oxygen atoms in total. The first kappa shape index (κ1) is 23.3. The lowest BCUT2D eigenvalue weighted by Gasteiger charge is -2.23. The van der Waals surface area contributed by atoms with E-state index in [1.165, 1.54) is 16.2 Å². The number of anilines is 1. The number of amides is 1. The third-order valence-corrected chi connectivity index (χ3v) is 7.49. The Kier molecular flexibility index (Phi) is 5.95. The van der Waals surface area contributed by atoms with E-state index in [0.29, 0.717) is 21.6 Å². The number of aliphatic hydroxyl groups excluding tert-OH is 1. The number of carbonyl (C=O) groups is 2. The molecule has 1 saturated heterocycles. The Morgan fingerprint density at radius 1 is 1.03 bits per heavy atom. The average Bonchev–Trinajstić information content (AvgIpc) is 3.37. The summed E-state index contributed by atoms with van der Waals surface area (Å²) < 4.78 is 0.925. The number of aliphatic hydroxyl groups is 1. The number of hydrogen-bond acceptors (Lipinski definition) is 5. The maximum Gasteiger partial charge on any atom is 0.301 e. The predicted octanol–water partition coefficient (Wildman–Crippen LogP) is 7.01. The van der Waals surface area contributed by atoms with Gasteiger partial charge in [0.25, 0.3) is 5.78 Å². The van der Waals surface area contributed by atoms with Gasteiger partial charge in [0.1, 0.15) is 5.76 Å². The van der Waals surface area contributed by atoms with Crippen LogP contribution in [0.2, 0.25) is 5.02 Å². The van der Waals surface area contributed by atoms with Crippen LogP contribution >= 0.6 is 22.9 Å². The second-order valence-corrected chi connectivity index (χ2v) is 10.4. The molecule has 1 amide bonds. The summed E-state index contributed by atoms with van der Waals surface area (Å²) in [5.74, 6) is -1.37. The van der Waals surface area contributed by atoms with E-state index in [1.807, 2.05) is 49.4 Å². The Bertz CT molecular complexity index is 1490. The summed E-state index contributed by atoms with van der Waals surface area (Å²) in [6.45, 7) is 6.20. The summed E-state index contributed by atoms with van der Waals surface area (Å²) in [4.78, 5) is 32.8. The highest BCUT2D eigenvalue weighted by Gasteiger charge is 2.48. The maximum atomic E-state index is 13.4. The van der Waals surface area contributed by atoms with Gasteiger partial charge >= 0.3 is 5.91 Å². The molecule has 1 fully saturated rings. The van der Waals surface area contributed by atoms with Crippen molar-refractivity contribution in [3.05, 3.63) is 99.6 Å². The third kappa shape index (κ3) is 4.13. The quantitative estimate of drug-likeness (QED) is 0.185. The normalized spacial score (nSPS) is 17.6. The van der Waals surface area contributed by atoms with Crippen molar-refractivity contribution in [2.24, 2.45) is 0 Å². The Labute approximate surface area is 212 Å². The molecule has 0 bridgehead atoms. The van der Waals surface area contributed by atoms with Gasteiger partial charge < -0.3 is 5.11 Å². The highest BCUT2D eigenvalue weighted by molar-refractivity contribution is 7.22. The summed E-state index contributed by atoms with van der Waals surface area (Å²) in [6.07, 6.45) is 0. The predicted molar refractivity (Wildman–Crippen MR) is 141 cm³/mol. The first-order valence-electron chi connectivity index (χ1n) is 11.3. The fourth-order valence-corrected chi connectivity index (χ4v) is 5.51. The van der Waals surface area contributed by atoms with Crippen LogP contribution in [0, 0.1) is 6.92 Å². The SMILES string of the molecule is Cc1ccc2nc(N3C(=O)C(=O)/C(=C(/O)c4ccc(Cl)cc4)[C@H]3c3ccc(C(C)C)cc3)sc2c1. The van der Waals surface area contributed by atoms with Crippen LogP contribution in [-0.2, 0) is 9.59 Å². The number of halogens is 1. The molecule has 1 N–H and O–H groups in total. The van der Waals surface area contributed by atoms with Gasteiger partial charge in [0.2, 0.25) is 0 Å². The summed E-state index contributed by atoms with van der Waals surface area (Å²) in [5.41, 5.74) is 4.14. The summed E-state index contributed by atoms with van der Waals surface area (Å²) in [7, 11) is 0. The Hall–Kier alpha value is -3.48. The third-order valence-electron chi connectivity index (χ3n) is 6.22. The van der Waals surface area contributed by atoms with E-state index < -0.39 is 17.7 Å². The van der Waals surface area contributed by atoms with Crippen molar-refractivity contribution in [2.45, 2.75) is 32.7 Å². The van der Waals surface area contributed by atoms with Crippen LogP contribution in [0.1, 0.15) is 48.1 Å². The zero-order chi connectivity index (χ0) is 24.9. The number of carbonyl (C=O) groups excluding carboxylic acids is 2. The highest BCUT2D eigenvalue weighted by atomic mass is 35.5. The van der Waals surface area contributed by atoms with E-state index in [-0.39, 0.29) is 11.3 Å². The molecule has 7 heteroatoms. The lowest BCUT2D eigenvalue weighted by molar-refractivity contribution is -0.132. The maximum absolute atomic E-state index is 13.4. The van der Waals surface area contributed by atoms with E-state index in [4.69, 9.17) is 11.6 Å². The number of nitrogens with zero attached hydrogens (tertiary/aromatic N) is 2. The number of rotatable bonds is 4. The van der Waals surface area contributed by atoms with Crippen molar-refractivity contribution in [3.8, 4) is 0 Å². The van der Waals surface area contributed by atoms with E-state index in [2.05, 4.69) is 18.8 Å². The molecule has 0 spiro atoms. The van der Waals surface area contributed by atoms with Crippen LogP contribution in [-0.4, -0.2) is 21.8 Å². The van der Waals surface area contributed by atoms with Gasteiger partial charge in [0.05, 0.1) is 21.8 Å². The number of Topliss-reactive ketones (excluding diaryl/α,β-unsaturated/α-hetero) is 1. The van der Waals surface area contributed by atoms with Crippen molar-refractivity contribution in [1.82, 2.24) is 4.98 Å². The second-order valence-electron chi connectivity index (χ2n) is 8.96. The first-order chi connectivity index (χ1) is 16.7. The summed E-state index contributed by atoms with van der Waals surface area (Å²) in [5, 5.41) is 12.2. The first-order valence-corrected chi connectivity index (χ1v) is 12.5. The standard InChI is InChI=1S/C28H23ClN2O3S/c1-15(2)17-5-7-18(8-6-17)24-23(25(32)19-9-11-20(29)12-10-19)26(33)27(34)31(24)28-30-21-13-4-16(3)14-22(21)35-28/h4-15,24,32H,1-3H3/b25-23+/t24-/m1/s1. The smallest absolute Gasteiger partial charge is 0.301 e. The lowest BCUT2D eigenvalue weighted by atomic mass is 9.93. The molecule has 5 rings (SSSR count). The van der Waals surface area contributed by atoms with Gasteiger partial charge in [-0.15, -0.1) is 0 Å². The van der Waals surface area contributed by atoms with Crippen molar-refractivity contribution in [2.75, 3.05) is 4.90 Å². The molecule has 4 aromatic rings. The van der Waals surface area contributed by atoms with Gasteiger partial charge in [0.15, 0.2) is 5.13 Å². The van der Waals surface area contributed by atoms with E-state index in [0.717, 1.165) is 26.9 Å². The molecule has 176 valence electrons.